The van der Waals surface area contributed by atoms with E-state index in [1.54, 1.807) is 0 Å². The van der Waals surface area contributed by atoms with Crippen molar-refractivity contribution >= 4 is 5.78 Å². The minimum atomic E-state index is -0.370. The number of ketones is 1. The van der Waals surface area contributed by atoms with Crippen LogP contribution in [0.4, 0.5) is 0 Å². The Balaban J connectivity index is 1.62. The smallest absolute Gasteiger partial charge is 0.136 e. The normalized spacial score (nSPS) is 49.9. The number of hydrogen-bond acceptors (Lipinski definition) is 3. The van der Waals surface area contributed by atoms with Gasteiger partial charge in [0.1, 0.15) is 5.78 Å². The third-order valence-electron chi connectivity index (χ3n) is 12.0. The second-order valence-corrected chi connectivity index (χ2v) is 14.1. The van der Waals surface area contributed by atoms with Gasteiger partial charge in [0.05, 0.1) is 12.2 Å². The van der Waals surface area contributed by atoms with Gasteiger partial charge in [-0.2, -0.15) is 0 Å². The number of Topliss-reactive ketones (excluding diaryl/α,β-unsaturated/α-hetero) is 1. The van der Waals surface area contributed by atoms with E-state index in [4.69, 9.17) is 0 Å². The summed E-state index contributed by atoms with van der Waals surface area (Å²) < 4.78 is 0. The Bertz CT molecular complexity index is 728. The Morgan fingerprint density at radius 1 is 0.906 bits per heavy atom. The highest BCUT2D eigenvalue weighted by Gasteiger charge is 2.70. The van der Waals surface area contributed by atoms with Crippen molar-refractivity contribution in [2.24, 2.45) is 51.2 Å². The van der Waals surface area contributed by atoms with Crippen LogP contribution in [0.15, 0.2) is 0 Å². The van der Waals surface area contributed by atoms with E-state index in [1.165, 1.54) is 12.8 Å². The van der Waals surface area contributed by atoms with Gasteiger partial charge in [0.25, 0.3) is 0 Å². The summed E-state index contributed by atoms with van der Waals surface area (Å²) in [5.74, 6) is 2.20. The van der Waals surface area contributed by atoms with Crippen LogP contribution in [0, 0.1) is 51.2 Å². The van der Waals surface area contributed by atoms with Crippen molar-refractivity contribution in [3.8, 4) is 0 Å². The molecule has 4 aliphatic carbocycles. The lowest BCUT2D eigenvalue weighted by molar-refractivity contribution is -0.241. The van der Waals surface area contributed by atoms with Crippen LogP contribution >= 0.6 is 0 Å². The summed E-state index contributed by atoms with van der Waals surface area (Å²) in [7, 11) is 0. The third-order valence-corrected chi connectivity index (χ3v) is 12.0. The van der Waals surface area contributed by atoms with Crippen LogP contribution in [0.1, 0.15) is 113 Å². The van der Waals surface area contributed by atoms with Gasteiger partial charge in [-0.15, -0.1) is 0 Å². The molecule has 4 fully saturated rings. The van der Waals surface area contributed by atoms with Crippen molar-refractivity contribution < 1.29 is 15.0 Å². The predicted octanol–water partition coefficient (Wildman–Crippen LogP) is 6.40. The van der Waals surface area contributed by atoms with Gasteiger partial charge in [-0.1, -0.05) is 54.9 Å². The Labute approximate surface area is 197 Å². The molecule has 3 nitrogen and oxygen atoms in total. The molecule has 0 bridgehead atoms. The maximum atomic E-state index is 13.3. The zero-order valence-electron chi connectivity index (χ0n) is 21.9. The van der Waals surface area contributed by atoms with Crippen LogP contribution in [0.2, 0.25) is 0 Å². The van der Waals surface area contributed by atoms with Gasteiger partial charge in [0, 0.05) is 18.3 Å². The van der Waals surface area contributed by atoms with E-state index >= 15 is 0 Å². The number of aliphatic hydroxyl groups is 2. The molecule has 0 heterocycles. The quantitative estimate of drug-likeness (QED) is 0.514. The van der Waals surface area contributed by atoms with Crippen LogP contribution in [0.25, 0.3) is 0 Å². The van der Waals surface area contributed by atoms with Gasteiger partial charge in [0.15, 0.2) is 0 Å². The molecule has 4 rings (SSSR count). The summed E-state index contributed by atoms with van der Waals surface area (Å²) in [5, 5.41) is 22.4. The van der Waals surface area contributed by atoms with E-state index in [9.17, 15) is 15.0 Å². The molecular weight excluding hydrogens is 396 g/mol. The Morgan fingerprint density at radius 3 is 2.22 bits per heavy atom. The van der Waals surface area contributed by atoms with E-state index in [0.717, 1.165) is 44.9 Å². The number of aliphatic hydroxyl groups excluding tert-OH is 2. The minimum Gasteiger partial charge on any atom is -0.393 e. The molecule has 0 spiro atoms. The van der Waals surface area contributed by atoms with Crippen molar-refractivity contribution in [3.63, 3.8) is 0 Å². The minimum absolute atomic E-state index is 0.0297. The Morgan fingerprint density at radius 2 is 1.56 bits per heavy atom. The van der Waals surface area contributed by atoms with E-state index in [0.29, 0.717) is 30.0 Å². The van der Waals surface area contributed by atoms with Gasteiger partial charge in [0.2, 0.25) is 0 Å². The second-order valence-electron chi connectivity index (χ2n) is 14.1. The lowest BCUT2D eigenvalue weighted by Crippen LogP contribution is -2.66. The fourth-order valence-corrected chi connectivity index (χ4v) is 9.98. The molecule has 0 aromatic heterocycles. The lowest BCUT2D eigenvalue weighted by atomic mass is 9.35. The van der Waals surface area contributed by atoms with E-state index in [-0.39, 0.29) is 45.7 Å². The van der Waals surface area contributed by atoms with Crippen LogP contribution < -0.4 is 0 Å². The van der Waals surface area contributed by atoms with Crippen LogP contribution in [0.5, 0.6) is 0 Å². The molecule has 0 saturated heterocycles. The van der Waals surface area contributed by atoms with E-state index < -0.39 is 0 Å². The first-order valence-electron chi connectivity index (χ1n) is 13.7. The van der Waals surface area contributed by atoms with Crippen LogP contribution in [-0.4, -0.2) is 28.2 Å². The summed E-state index contributed by atoms with van der Waals surface area (Å²) in [4.78, 5) is 13.3. The number of carbonyl (C=O) groups is 1. The van der Waals surface area contributed by atoms with Crippen molar-refractivity contribution in [1.82, 2.24) is 0 Å². The molecule has 0 unspecified atom stereocenters. The largest absolute Gasteiger partial charge is 0.393 e. The summed E-state index contributed by atoms with van der Waals surface area (Å²) in [6.45, 7) is 16.4. The zero-order valence-corrected chi connectivity index (χ0v) is 21.9. The van der Waals surface area contributed by atoms with Crippen molar-refractivity contribution in [2.45, 2.75) is 125 Å². The van der Waals surface area contributed by atoms with Crippen LogP contribution in [-0.2, 0) is 4.79 Å². The molecule has 0 amide bonds. The molecular formula is C29H50O3. The summed E-state index contributed by atoms with van der Waals surface area (Å²) in [5.41, 5.74) is 0.279. The summed E-state index contributed by atoms with van der Waals surface area (Å²) >= 11 is 0. The number of fused-ring (bicyclic) bond motifs is 5. The maximum absolute atomic E-state index is 13.3. The average molecular weight is 447 g/mol. The van der Waals surface area contributed by atoms with Gasteiger partial charge in [-0.25, -0.2) is 0 Å². The second kappa shape index (κ2) is 8.08. The first-order valence-corrected chi connectivity index (χ1v) is 13.7. The summed E-state index contributed by atoms with van der Waals surface area (Å²) in [6, 6.07) is 0. The van der Waals surface area contributed by atoms with Gasteiger partial charge < -0.3 is 10.2 Å². The fraction of sp³-hybridized carbons (Fsp3) is 0.966. The molecule has 4 aliphatic rings. The number of hydrogen-bond donors (Lipinski definition) is 2. The molecule has 2 N–H and O–H groups in total. The predicted molar refractivity (Wildman–Crippen MR) is 130 cm³/mol. The average Bonchev–Trinajstić information content (AvgIpc) is 3.07. The standard InChI is InChI=1S/C29H50O3/c1-18(2)9-8-10-20(30)19-11-15-29(7)25(19)21(31)17-23-27(5)14-13-24(32)26(3,4)22(27)12-16-28(23,29)6/h18-19,21-25,31-32H,8-17H2,1-7H3/t19-,21-,22+,23-,24+,25+,27+,28-,29-/m1/s1. The first kappa shape index (κ1) is 24.7. The third kappa shape index (κ3) is 3.38. The van der Waals surface area contributed by atoms with Crippen molar-refractivity contribution in [1.29, 1.82) is 0 Å². The zero-order chi connectivity index (χ0) is 23.7. The highest BCUT2D eigenvalue weighted by atomic mass is 16.3. The van der Waals surface area contributed by atoms with Gasteiger partial charge >= 0.3 is 0 Å². The monoisotopic (exact) mass is 446 g/mol. The van der Waals surface area contributed by atoms with E-state index in [1.807, 2.05) is 0 Å². The van der Waals surface area contributed by atoms with Gasteiger partial charge in [-0.3, -0.25) is 4.79 Å². The molecule has 4 saturated carbocycles. The SMILES string of the molecule is CC(C)CCCC(=O)[C@H]1CC[C@]2(C)[C@@H]1[C@H](O)C[C@@H]1[C@@]3(C)CC[C@H](O)C(C)(C)[C@@H]3CC[C@]12C. The summed E-state index contributed by atoms with van der Waals surface area (Å²) in [6.07, 6.45) is 9.36. The molecule has 9 atom stereocenters. The molecule has 32 heavy (non-hydrogen) atoms. The molecule has 0 aliphatic heterocycles. The van der Waals surface area contributed by atoms with Crippen LogP contribution in [0.3, 0.4) is 0 Å². The first-order chi connectivity index (χ1) is 14.8. The molecule has 0 aromatic rings. The highest BCUT2D eigenvalue weighted by Crippen LogP contribution is 2.75. The number of carbonyl (C=O) groups excluding carboxylic acids is 1. The fourth-order valence-electron chi connectivity index (χ4n) is 9.98. The molecule has 0 radical (unpaired) electrons. The van der Waals surface area contributed by atoms with E-state index in [2.05, 4.69) is 48.5 Å². The molecule has 184 valence electrons. The maximum Gasteiger partial charge on any atom is 0.136 e. The number of rotatable bonds is 5. The van der Waals surface area contributed by atoms with Crippen molar-refractivity contribution in [2.75, 3.05) is 0 Å². The van der Waals surface area contributed by atoms with Gasteiger partial charge in [-0.05, 0) is 90.8 Å². The molecule has 0 aromatic carbocycles. The Hall–Kier alpha value is -0.410. The van der Waals surface area contributed by atoms with Crippen molar-refractivity contribution in [3.05, 3.63) is 0 Å². The molecule has 3 heteroatoms. The topological polar surface area (TPSA) is 57.5 Å². The highest BCUT2D eigenvalue weighted by molar-refractivity contribution is 5.82. The Kier molecular flexibility index (Phi) is 6.23. The lowest BCUT2D eigenvalue weighted by Gasteiger charge is -2.70.